The van der Waals surface area contributed by atoms with Crippen molar-refractivity contribution in [3.63, 3.8) is 0 Å². The summed E-state index contributed by atoms with van der Waals surface area (Å²) in [5.74, 6) is 0. The van der Waals surface area contributed by atoms with Crippen LogP contribution in [-0.2, 0) is 4.74 Å². The van der Waals surface area contributed by atoms with Gasteiger partial charge in [-0.1, -0.05) is 12.1 Å². The van der Waals surface area contributed by atoms with Crippen LogP contribution in [0.2, 0.25) is 0 Å². The SMILES string of the molecule is Cc1c(C(C)NCC2(O)CCOCC2)cccc1[N+](=O)[O-]. The van der Waals surface area contributed by atoms with E-state index >= 15 is 0 Å². The number of hydrogen-bond acceptors (Lipinski definition) is 5. The number of nitrogens with one attached hydrogen (secondary N) is 1. The van der Waals surface area contributed by atoms with E-state index in [-0.39, 0.29) is 16.7 Å². The fraction of sp³-hybridized carbons (Fsp3) is 0.600. The van der Waals surface area contributed by atoms with Crippen molar-refractivity contribution < 1.29 is 14.8 Å². The summed E-state index contributed by atoms with van der Waals surface area (Å²) in [6.45, 7) is 5.31. The van der Waals surface area contributed by atoms with Gasteiger partial charge in [-0.15, -0.1) is 0 Å². The average Bonchev–Trinajstić information content (AvgIpc) is 2.45. The minimum atomic E-state index is -0.749. The van der Waals surface area contributed by atoms with Gasteiger partial charge in [-0.25, -0.2) is 0 Å². The van der Waals surface area contributed by atoms with Crippen molar-refractivity contribution in [2.45, 2.75) is 38.3 Å². The van der Waals surface area contributed by atoms with Gasteiger partial charge < -0.3 is 15.2 Å². The molecule has 0 aliphatic carbocycles. The molecule has 2 rings (SSSR count). The van der Waals surface area contributed by atoms with Crippen molar-refractivity contribution in [2.24, 2.45) is 0 Å². The molecule has 1 heterocycles. The Hall–Kier alpha value is -1.50. The van der Waals surface area contributed by atoms with Crippen molar-refractivity contribution in [2.75, 3.05) is 19.8 Å². The van der Waals surface area contributed by atoms with E-state index in [1.807, 2.05) is 13.0 Å². The van der Waals surface area contributed by atoms with Gasteiger partial charge in [0.15, 0.2) is 0 Å². The van der Waals surface area contributed by atoms with E-state index in [0.717, 1.165) is 5.56 Å². The van der Waals surface area contributed by atoms with Gasteiger partial charge in [-0.3, -0.25) is 10.1 Å². The van der Waals surface area contributed by atoms with Crippen LogP contribution >= 0.6 is 0 Å². The lowest BCUT2D eigenvalue weighted by Gasteiger charge is -2.33. The monoisotopic (exact) mass is 294 g/mol. The van der Waals surface area contributed by atoms with Gasteiger partial charge in [0.25, 0.3) is 5.69 Å². The summed E-state index contributed by atoms with van der Waals surface area (Å²) in [5.41, 5.74) is 0.938. The molecule has 6 nitrogen and oxygen atoms in total. The highest BCUT2D eigenvalue weighted by atomic mass is 16.6. The van der Waals surface area contributed by atoms with Gasteiger partial charge in [-0.2, -0.15) is 0 Å². The second-order valence-electron chi connectivity index (χ2n) is 5.69. The zero-order chi connectivity index (χ0) is 15.5. The van der Waals surface area contributed by atoms with Crippen molar-refractivity contribution in [3.05, 3.63) is 39.4 Å². The Morgan fingerprint density at radius 1 is 1.48 bits per heavy atom. The summed E-state index contributed by atoms with van der Waals surface area (Å²) in [6.07, 6.45) is 1.22. The smallest absolute Gasteiger partial charge is 0.272 e. The van der Waals surface area contributed by atoms with Crippen molar-refractivity contribution >= 4 is 5.69 Å². The summed E-state index contributed by atoms with van der Waals surface area (Å²) in [6, 6.07) is 5.03. The molecule has 0 amide bonds. The highest BCUT2D eigenvalue weighted by Gasteiger charge is 2.30. The van der Waals surface area contributed by atoms with Crippen molar-refractivity contribution in [1.29, 1.82) is 0 Å². The zero-order valence-electron chi connectivity index (χ0n) is 12.5. The van der Waals surface area contributed by atoms with Gasteiger partial charge in [0.1, 0.15) is 0 Å². The Bertz CT molecular complexity index is 512. The summed E-state index contributed by atoms with van der Waals surface area (Å²) >= 11 is 0. The predicted octanol–water partition coefficient (Wildman–Crippen LogP) is 2.10. The lowest BCUT2D eigenvalue weighted by atomic mass is 9.93. The molecule has 1 unspecified atom stereocenters. The van der Waals surface area contributed by atoms with Crippen molar-refractivity contribution in [1.82, 2.24) is 5.32 Å². The van der Waals surface area contributed by atoms with Gasteiger partial charge in [0, 0.05) is 50.3 Å². The Kier molecular flexibility index (Phi) is 4.92. The van der Waals surface area contributed by atoms with Gasteiger partial charge in [0.05, 0.1) is 10.5 Å². The number of hydrogen-bond donors (Lipinski definition) is 2. The van der Waals surface area contributed by atoms with Crippen molar-refractivity contribution in [3.8, 4) is 0 Å². The van der Waals surface area contributed by atoms with Crippen LogP contribution in [0.5, 0.6) is 0 Å². The number of rotatable bonds is 5. The summed E-state index contributed by atoms with van der Waals surface area (Å²) < 4.78 is 5.25. The van der Waals surface area contributed by atoms with Crippen LogP contribution in [0.3, 0.4) is 0 Å². The molecule has 0 radical (unpaired) electrons. The van der Waals surface area contributed by atoms with E-state index in [9.17, 15) is 15.2 Å². The first kappa shape index (κ1) is 15.9. The lowest BCUT2D eigenvalue weighted by Crippen LogP contribution is -2.45. The molecule has 6 heteroatoms. The fourth-order valence-corrected chi connectivity index (χ4v) is 2.69. The standard InChI is InChI=1S/C15H22N2O4/c1-11-13(4-3-5-14(11)17(19)20)12(2)16-10-15(18)6-8-21-9-7-15/h3-5,12,16,18H,6-10H2,1-2H3. The maximum atomic E-state index is 11.0. The molecule has 1 aromatic carbocycles. The van der Waals surface area contributed by atoms with Crippen LogP contribution in [0.4, 0.5) is 5.69 Å². The molecule has 1 aliphatic heterocycles. The molecule has 0 bridgehead atoms. The van der Waals surface area contributed by atoms with E-state index in [4.69, 9.17) is 4.74 Å². The van der Waals surface area contributed by atoms with E-state index in [1.54, 1.807) is 13.0 Å². The van der Waals surface area contributed by atoms with Gasteiger partial charge in [-0.05, 0) is 19.4 Å². The topological polar surface area (TPSA) is 84.6 Å². The van der Waals surface area contributed by atoms with E-state index in [0.29, 0.717) is 38.2 Å². The molecule has 0 saturated carbocycles. The van der Waals surface area contributed by atoms with E-state index in [2.05, 4.69) is 5.32 Å². The van der Waals surface area contributed by atoms with Gasteiger partial charge >= 0.3 is 0 Å². The van der Waals surface area contributed by atoms with Crippen LogP contribution in [0.25, 0.3) is 0 Å². The first-order chi connectivity index (χ1) is 9.93. The molecule has 2 N–H and O–H groups in total. The van der Waals surface area contributed by atoms with Crippen LogP contribution in [-0.4, -0.2) is 35.4 Å². The fourth-order valence-electron chi connectivity index (χ4n) is 2.69. The normalized spacial score (nSPS) is 19.2. The summed E-state index contributed by atoms with van der Waals surface area (Å²) in [7, 11) is 0. The molecule has 1 saturated heterocycles. The first-order valence-electron chi connectivity index (χ1n) is 7.20. The van der Waals surface area contributed by atoms with Gasteiger partial charge in [0.2, 0.25) is 0 Å². The molecule has 0 aromatic heterocycles. The third-order valence-electron chi connectivity index (χ3n) is 4.17. The Morgan fingerprint density at radius 2 is 2.14 bits per heavy atom. The molecule has 1 fully saturated rings. The minimum Gasteiger partial charge on any atom is -0.388 e. The highest BCUT2D eigenvalue weighted by molar-refractivity contribution is 5.45. The Morgan fingerprint density at radius 3 is 2.76 bits per heavy atom. The number of aliphatic hydroxyl groups is 1. The number of benzene rings is 1. The number of nitro benzene ring substituents is 1. The van der Waals surface area contributed by atoms with Crippen LogP contribution in [0.1, 0.15) is 36.9 Å². The molecule has 1 atom stereocenters. The van der Waals surface area contributed by atoms with Crippen LogP contribution < -0.4 is 5.32 Å². The molecule has 1 aliphatic rings. The second kappa shape index (κ2) is 6.51. The third kappa shape index (κ3) is 3.78. The van der Waals surface area contributed by atoms with Crippen LogP contribution in [0, 0.1) is 17.0 Å². The molecular weight excluding hydrogens is 272 g/mol. The number of nitrogens with zero attached hydrogens (tertiary/aromatic N) is 1. The molecular formula is C15H22N2O4. The molecule has 116 valence electrons. The average molecular weight is 294 g/mol. The largest absolute Gasteiger partial charge is 0.388 e. The maximum Gasteiger partial charge on any atom is 0.272 e. The maximum absolute atomic E-state index is 11.0. The summed E-state index contributed by atoms with van der Waals surface area (Å²) in [5, 5.41) is 24.7. The minimum absolute atomic E-state index is 0.0585. The highest BCUT2D eigenvalue weighted by Crippen LogP contribution is 2.27. The van der Waals surface area contributed by atoms with Crippen LogP contribution in [0.15, 0.2) is 18.2 Å². The zero-order valence-corrected chi connectivity index (χ0v) is 12.5. The lowest BCUT2D eigenvalue weighted by molar-refractivity contribution is -0.385. The summed E-state index contributed by atoms with van der Waals surface area (Å²) in [4.78, 5) is 10.6. The second-order valence-corrected chi connectivity index (χ2v) is 5.69. The third-order valence-corrected chi connectivity index (χ3v) is 4.17. The molecule has 0 spiro atoms. The number of nitro groups is 1. The van der Waals surface area contributed by atoms with E-state index < -0.39 is 5.60 Å². The quantitative estimate of drug-likeness (QED) is 0.641. The predicted molar refractivity (Wildman–Crippen MR) is 79.3 cm³/mol. The Balaban J connectivity index is 2.05. The first-order valence-corrected chi connectivity index (χ1v) is 7.20. The number of ether oxygens (including phenoxy) is 1. The Labute approximate surface area is 124 Å². The molecule has 1 aromatic rings. The van der Waals surface area contributed by atoms with E-state index in [1.165, 1.54) is 6.07 Å². The molecule has 21 heavy (non-hydrogen) atoms.